The highest BCUT2D eigenvalue weighted by Crippen LogP contribution is 1.97. The zero-order valence-corrected chi connectivity index (χ0v) is 6.29. The number of tetrazole rings is 1. The molecule has 0 bridgehead atoms. The van der Waals surface area contributed by atoms with Crippen molar-refractivity contribution in [3.63, 3.8) is 0 Å². The summed E-state index contributed by atoms with van der Waals surface area (Å²) in [5.74, 6) is 0.664. The number of hydrogen-bond donors (Lipinski definition) is 1. The van der Waals surface area contributed by atoms with Crippen molar-refractivity contribution in [2.24, 2.45) is 7.05 Å². The monoisotopic (exact) mass is 166 g/mol. The topological polar surface area (TPSA) is 100 Å². The Labute approximate surface area is 67.0 Å². The molecule has 0 radical (unpaired) electrons. The van der Waals surface area contributed by atoms with E-state index in [1.807, 2.05) is 0 Å². The Bertz CT molecular complexity index is 385. The largest absolute Gasteiger partial charge is 0.366 e. The number of nitrogen functional groups attached to an aromatic ring is 1. The molecule has 12 heavy (non-hydrogen) atoms. The molecule has 8 heteroatoms. The zero-order valence-electron chi connectivity index (χ0n) is 6.29. The maximum absolute atomic E-state index is 5.31. The summed E-state index contributed by atoms with van der Waals surface area (Å²) in [6.07, 6.45) is 1.45. The Kier molecular flexibility index (Phi) is 1.26. The number of nitrogens with two attached hydrogens (primary N) is 1. The van der Waals surface area contributed by atoms with Crippen LogP contribution in [0.5, 0.6) is 0 Å². The minimum Gasteiger partial charge on any atom is -0.366 e. The molecule has 0 atom stereocenters. The second kappa shape index (κ2) is 2.26. The Morgan fingerprint density at radius 3 is 2.83 bits per heavy atom. The molecule has 62 valence electrons. The van der Waals surface area contributed by atoms with Crippen molar-refractivity contribution < 1.29 is 0 Å². The van der Waals surface area contributed by atoms with Gasteiger partial charge < -0.3 is 5.73 Å². The lowest BCUT2D eigenvalue weighted by Crippen LogP contribution is -2.05. The van der Waals surface area contributed by atoms with Gasteiger partial charge in [-0.1, -0.05) is 5.10 Å². The summed E-state index contributed by atoms with van der Waals surface area (Å²) in [6, 6.07) is 0. The predicted molar refractivity (Wildman–Crippen MR) is 38.1 cm³/mol. The molecule has 0 aliphatic rings. The Balaban J connectivity index is 2.50. The van der Waals surface area contributed by atoms with Crippen molar-refractivity contribution in [2.45, 2.75) is 0 Å². The summed E-state index contributed by atoms with van der Waals surface area (Å²) in [6.45, 7) is 0. The molecule has 2 aromatic rings. The van der Waals surface area contributed by atoms with Crippen LogP contribution in [0.25, 0.3) is 5.95 Å². The highest BCUT2D eigenvalue weighted by Gasteiger charge is 2.05. The van der Waals surface area contributed by atoms with Crippen LogP contribution in [0.3, 0.4) is 0 Å². The van der Waals surface area contributed by atoms with Crippen LogP contribution in [0, 0.1) is 0 Å². The maximum Gasteiger partial charge on any atom is 0.271 e. The number of nitrogens with zero attached hydrogens (tertiary/aromatic N) is 7. The molecular weight excluding hydrogens is 160 g/mol. The van der Waals surface area contributed by atoms with Gasteiger partial charge in [-0.05, 0) is 10.4 Å². The first kappa shape index (κ1) is 6.70. The Morgan fingerprint density at radius 1 is 1.50 bits per heavy atom. The summed E-state index contributed by atoms with van der Waals surface area (Å²) in [7, 11) is 1.70. The zero-order chi connectivity index (χ0) is 8.55. The van der Waals surface area contributed by atoms with Gasteiger partial charge >= 0.3 is 0 Å². The molecule has 2 aromatic heterocycles. The Hall–Kier alpha value is -1.99. The Morgan fingerprint density at radius 2 is 2.33 bits per heavy atom. The van der Waals surface area contributed by atoms with Crippen LogP contribution in [0.4, 0.5) is 5.95 Å². The van der Waals surface area contributed by atoms with E-state index in [1.54, 1.807) is 7.05 Å². The van der Waals surface area contributed by atoms with E-state index in [4.69, 9.17) is 5.73 Å². The van der Waals surface area contributed by atoms with Crippen LogP contribution in [0.1, 0.15) is 0 Å². The molecule has 0 unspecified atom stereocenters. The fraction of sp³-hybridized carbons (Fsp3) is 0.250. The first-order valence-corrected chi connectivity index (χ1v) is 3.17. The molecule has 0 saturated carbocycles. The quantitative estimate of drug-likeness (QED) is 0.546. The van der Waals surface area contributed by atoms with E-state index in [0.29, 0.717) is 5.95 Å². The summed E-state index contributed by atoms with van der Waals surface area (Å²) in [5, 5.41) is 14.6. The summed E-state index contributed by atoms with van der Waals surface area (Å²) >= 11 is 0. The molecule has 0 aliphatic carbocycles. The van der Waals surface area contributed by atoms with Crippen molar-refractivity contribution in [3.8, 4) is 5.95 Å². The summed E-state index contributed by atoms with van der Waals surface area (Å²) < 4.78 is 2.86. The lowest BCUT2D eigenvalue weighted by Gasteiger charge is -1.93. The molecule has 0 fully saturated rings. The van der Waals surface area contributed by atoms with Crippen LogP contribution in [0.15, 0.2) is 6.33 Å². The third-order valence-electron chi connectivity index (χ3n) is 1.31. The minimum absolute atomic E-state index is 0.193. The van der Waals surface area contributed by atoms with Crippen molar-refractivity contribution in [1.29, 1.82) is 0 Å². The van der Waals surface area contributed by atoms with Gasteiger partial charge in [-0.15, -0.1) is 5.10 Å². The van der Waals surface area contributed by atoms with Gasteiger partial charge in [-0.3, -0.25) is 0 Å². The molecule has 0 spiro atoms. The van der Waals surface area contributed by atoms with E-state index in [9.17, 15) is 0 Å². The van der Waals surface area contributed by atoms with E-state index >= 15 is 0 Å². The van der Waals surface area contributed by atoms with Crippen LogP contribution < -0.4 is 5.73 Å². The lowest BCUT2D eigenvalue weighted by molar-refractivity contribution is 0.672. The van der Waals surface area contributed by atoms with E-state index in [0.717, 1.165) is 0 Å². The van der Waals surface area contributed by atoms with Crippen molar-refractivity contribution in [2.75, 3.05) is 5.73 Å². The van der Waals surface area contributed by atoms with Gasteiger partial charge in [0.1, 0.15) is 6.33 Å². The van der Waals surface area contributed by atoms with Gasteiger partial charge in [-0.2, -0.15) is 4.68 Å². The highest BCUT2D eigenvalue weighted by atomic mass is 15.6. The second-order valence-corrected chi connectivity index (χ2v) is 2.15. The average molecular weight is 166 g/mol. The van der Waals surface area contributed by atoms with Crippen LogP contribution >= 0.6 is 0 Å². The van der Waals surface area contributed by atoms with Crippen molar-refractivity contribution >= 4 is 5.95 Å². The minimum atomic E-state index is 0.193. The molecule has 2 rings (SSSR count). The molecule has 0 saturated heterocycles. The molecule has 0 aliphatic heterocycles. The molecular formula is C4H6N8. The number of aryl methyl sites for hydroxylation is 1. The SMILES string of the molecule is Cn1nnnc1-n1cnc(N)n1. The fourth-order valence-electron chi connectivity index (χ4n) is 0.791. The van der Waals surface area contributed by atoms with Crippen LogP contribution in [0.2, 0.25) is 0 Å². The average Bonchev–Trinajstić information content (AvgIpc) is 2.58. The molecule has 8 nitrogen and oxygen atoms in total. The van der Waals surface area contributed by atoms with Gasteiger partial charge in [0.25, 0.3) is 5.95 Å². The standard InChI is InChI=1S/C4H6N8/c1-11-4(7-9-10-11)12-2-6-3(5)8-12/h2H,1H3,(H2,5,8). The summed E-state index contributed by atoms with van der Waals surface area (Å²) in [4.78, 5) is 3.73. The van der Waals surface area contributed by atoms with E-state index in [2.05, 4.69) is 25.6 Å². The van der Waals surface area contributed by atoms with Gasteiger partial charge in [0.05, 0.1) is 0 Å². The first-order valence-electron chi connectivity index (χ1n) is 3.17. The number of hydrogen-bond acceptors (Lipinski definition) is 6. The van der Waals surface area contributed by atoms with Crippen LogP contribution in [-0.2, 0) is 7.05 Å². The fourth-order valence-corrected chi connectivity index (χ4v) is 0.791. The first-order chi connectivity index (χ1) is 5.77. The lowest BCUT2D eigenvalue weighted by atomic mass is 10.9. The van der Waals surface area contributed by atoms with E-state index in [-0.39, 0.29) is 5.95 Å². The molecule has 2 heterocycles. The normalized spacial score (nSPS) is 10.4. The van der Waals surface area contributed by atoms with E-state index in [1.165, 1.54) is 15.7 Å². The third-order valence-corrected chi connectivity index (χ3v) is 1.31. The number of anilines is 1. The summed E-state index contributed by atoms with van der Waals surface area (Å²) in [5.41, 5.74) is 5.31. The smallest absolute Gasteiger partial charge is 0.271 e. The van der Waals surface area contributed by atoms with Gasteiger partial charge in [0.2, 0.25) is 5.95 Å². The van der Waals surface area contributed by atoms with Crippen LogP contribution in [-0.4, -0.2) is 35.0 Å². The second-order valence-electron chi connectivity index (χ2n) is 2.15. The molecule has 2 N–H and O–H groups in total. The number of aromatic nitrogens is 7. The van der Waals surface area contributed by atoms with Gasteiger partial charge in [0, 0.05) is 7.05 Å². The van der Waals surface area contributed by atoms with Gasteiger partial charge in [0.15, 0.2) is 0 Å². The van der Waals surface area contributed by atoms with Gasteiger partial charge in [-0.25, -0.2) is 9.67 Å². The number of rotatable bonds is 1. The third kappa shape index (κ3) is 0.892. The predicted octanol–water partition coefficient (Wildman–Crippen LogP) is -1.63. The molecule has 0 aromatic carbocycles. The van der Waals surface area contributed by atoms with Crippen molar-refractivity contribution in [3.05, 3.63) is 6.33 Å². The van der Waals surface area contributed by atoms with E-state index < -0.39 is 0 Å². The molecule has 0 amide bonds. The highest BCUT2D eigenvalue weighted by molar-refractivity contribution is 5.14. The van der Waals surface area contributed by atoms with Crippen molar-refractivity contribution in [1.82, 2.24) is 35.0 Å². The maximum atomic E-state index is 5.31.